The molecule has 0 radical (unpaired) electrons. The molecular formula is C23H18F2N4O2. The molecule has 3 aromatic carbocycles. The molecule has 31 heavy (non-hydrogen) atoms. The second-order valence-electron chi connectivity index (χ2n) is 6.99. The number of aromatic nitrogens is 2. The van der Waals surface area contributed by atoms with Crippen molar-refractivity contribution in [2.75, 3.05) is 11.9 Å². The SMILES string of the molecule is Cc1ccccc1C(=O)NCC(=O)Nc1ccc2nc(-c3cc(F)ccc3F)[nH]c2c1. The van der Waals surface area contributed by atoms with Crippen molar-refractivity contribution in [3.05, 3.63) is 83.4 Å². The summed E-state index contributed by atoms with van der Waals surface area (Å²) in [5.41, 5.74) is 2.88. The zero-order chi connectivity index (χ0) is 22.0. The highest BCUT2D eigenvalue weighted by Crippen LogP contribution is 2.25. The largest absolute Gasteiger partial charge is 0.343 e. The second-order valence-corrected chi connectivity index (χ2v) is 6.99. The minimum atomic E-state index is -0.599. The number of imidazole rings is 1. The summed E-state index contributed by atoms with van der Waals surface area (Å²) in [5.74, 6) is -1.73. The van der Waals surface area contributed by atoms with Gasteiger partial charge in [-0.3, -0.25) is 9.59 Å². The summed E-state index contributed by atoms with van der Waals surface area (Å²) in [5, 5.41) is 5.28. The Kier molecular flexibility index (Phi) is 5.44. The van der Waals surface area contributed by atoms with Crippen molar-refractivity contribution < 1.29 is 18.4 Å². The van der Waals surface area contributed by atoms with Crippen LogP contribution in [0.5, 0.6) is 0 Å². The van der Waals surface area contributed by atoms with Crippen LogP contribution in [0.25, 0.3) is 22.4 Å². The van der Waals surface area contributed by atoms with Crippen LogP contribution in [-0.4, -0.2) is 28.3 Å². The number of H-pyrrole nitrogens is 1. The maximum Gasteiger partial charge on any atom is 0.251 e. The number of rotatable bonds is 5. The van der Waals surface area contributed by atoms with Crippen molar-refractivity contribution in [1.29, 1.82) is 0 Å². The first kappa shape index (κ1) is 20.2. The van der Waals surface area contributed by atoms with Crippen molar-refractivity contribution in [3.8, 4) is 11.4 Å². The van der Waals surface area contributed by atoms with Gasteiger partial charge in [-0.15, -0.1) is 0 Å². The molecule has 1 aromatic heterocycles. The van der Waals surface area contributed by atoms with E-state index in [0.717, 1.165) is 23.8 Å². The number of anilines is 1. The van der Waals surface area contributed by atoms with Crippen LogP contribution in [0.3, 0.4) is 0 Å². The fourth-order valence-electron chi connectivity index (χ4n) is 3.18. The van der Waals surface area contributed by atoms with Gasteiger partial charge in [0.05, 0.1) is 23.1 Å². The molecule has 156 valence electrons. The van der Waals surface area contributed by atoms with E-state index in [4.69, 9.17) is 0 Å². The number of nitrogens with one attached hydrogen (secondary N) is 3. The Morgan fingerprint density at radius 2 is 1.84 bits per heavy atom. The zero-order valence-corrected chi connectivity index (χ0v) is 16.5. The molecule has 4 rings (SSSR count). The fraction of sp³-hybridized carbons (Fsp3) is 0.0870. The van der Waals surface area contributed by atoms with Gasteiger partial charge in [0.25, 0.3) is 5.91 Å². The van der Waals surface area contributed by atoms with Crippen LogP contribution in [0, 0.1) is 18.6 Å². The van der Waals surface area contributed by atoms with Crippen LogP contribution in [0.15, 0.2) is 60.7 Å². The first-order valence-corrected chi connectivity index (χ1v) is 9.49. The topological polar surface area (TPSA) is 86.9 Å². The van der Waals surface area contributed by atoms with Gasteiger partial charge in [0.2, 0.25) is 5.91 Å². The zero-order valence-electron chi connectivity index (χ0n) is 16.5. The minimum Gasteiger partial charge on any atom is -0.343 e. The molecule has 1 heterocycles. The van der Waals surface area contributed by atoms with Crippen LogP contribution in [0.4, 0.5) is 14.5 Å². The van der Waals surface area contributed by atoms with Crippen molar-refractivity contribution in [1.82, 2.24) is 15.3 Å². The predicted octanol–water partition coefficient (Wildman–Crippen LogP) is 4.19. The Hall–Kier alpha value is -4.07. The predicted molar refractivity (Wildman–Crippen MR) is 114 cm³/mol. The molecule has 6 nitrogen and oxygen atoms in total. The van der Waals surface area contributed by atoms with E-state index in [0.29, 0.717) is 22.3 Å². The number of carbonyl (C=O) groups excluding carboxylic acids is 2. The van der Waals surface area contributed by atoms with Crippen LogP contribution in [0.2, 0.25) is 0 Å². The number of amides is 2. The number of hydrogen-bond donors (Lipinski definition) is 3. The van der Waals surface area contributed by atoms with Crippen LogP contribution >= 0.6 is 0 Å². The number of fused-ring (bicyclic) bond motifs is 1. The molecule has 0 saturated heterocycles. The molecule has 4 aromatic rings. The standard InChI is InChI=1S/C23H18F2N4O2/c1-13-4-2-3-5-16(13)23(31)26-12-21(30)27-15-7-9-19-20(11-15)29-22(28-19)17-10-14(24)6-8-18(17)25/h2-11H,12H2,1H3,(H,26,31)(H,27,30)(H,28,29). The molecule has 0 atom stereocenters. The lowest BCUT2D eigenvalue weighted by Crippen LogP contribution is -2.33. The molecule has 2 amide bonds. The Morgan fingerprint density at radius 3 is 2.65 bits per heavy atom. The van der Waals surface area contributed by atoms with Crippen molar-refractivity contribution in [2.45, 2.75) is 6.92 Å². The van der Waals surface area contributed by atoms with E-state index in [1.165, 1.54) is 0 Å². The molecule has 0 saturated carbocycles. The smallest absolute Gasteiger partial charge is 0.251 e. The highest BCUT2D eigenvalue weighted by molar-refractivity contribution is 6.00. The van der Waals surface area contributed by atoms with E-state index in [9.17, 15) is 18.4 Å². The molecule has 0 aliphatic rings. The maximum atomic E-state index is 14.0. The Balaban J connectivity index is 1.45. The molecule has 0 unspecified atom stereocenters. The van der Waals surface area contributed by atoms with Gasteiger partial charge in [0.1, 0.15) is 17.5 Å². The molecule has 3 N–H and O–H groups in total. The number of carbonyl (C=O) groups is 2. The summed E-state index contributed by atoms with van der Waals surface area (Å²) in [4.78, 5) is 31.7. The fourth-order valence-corrected chi connectivity index (χ4v) is 3.18. The molecular weight excluding hydrogens is 402 g/mol. The van der Waals surface area contributed by atoms with Crippen molar-refractivity contribution in [2.24, 2.45) is 0 Å². The lowest BCUT2D eigenvalue weighted by Gasteiger charge is -2.08. The Morgan fingerprint density at radius 1 is 1.03 bits per heavy atom. The van der Waals surface area contributed by atoms with Gasteiger partial charge >= 0.3 is 0 Å². The summed E-state index contributed by atoms with van der Waals surface area (Å²) >= 11 is 0. The highest BCUT2D eigenvalue weighted by atomic mass is 19.1. The highest BCUT2D eigenvalue weighted by Gasteiger charge is 2.13. The van der Waals surface area contributed by atoms with Crippen LogP contribution < -0.4 is 10.6 Å². The average molecular weight is 420 g/mol. The third kappa shape index (κ3) is 4.42. The van der Waals surface area contributed by atoms with Gasteiger partial charge < -0.3 is 15.6 Å². The number of halogens is 2. The molecule has 0 aliphatic heterocycles. The van der Waals surface area contributed by atoms with Crippen molar-refractivity contribution in [3.63, 3.8) is 0 Å². The van der Waals surface area contributed by atoms with E-state index in [1.54, 1.807) is 30.3 Å². The molecule has 0 spiro atoms. The van der Waals surface area contributed by atoms with Gasteiger partial charge in [0, 0.05) is 11.3 Å². The molecule has 8 heteroatoms. The Labute approximate surface area is 176 Å². The number of aromatic amines is 1. The van der Waals surface area contributed by atoms with E-state index >= 15 is 0 Å². The van der Waals surface area contributed by atoms with E-state index < -0.39 is 17.5 Å². The minimum absolute atomic E-state index is 0.0145. The summed E-state index contributed by atoms with van der Waals surface area (Å²) in [7, 11) is 0. The number of nitrogens with zero attached hydrogens (tertiary/aromatic N) is 1. The van der Waals surface area contributed by atoms with Gasteiger partial charge in [-0.25, -0.2) is 13.8 Å². The third-order valence-corrected chi connectivity index (χ3v) is 4.75. The number of hydrogen-bond acceptors (Lipinski definition) is 3. The van der Waals surface area contributed by atoms with Crippen LogP contribution in [-0.2, 0) is 4.79 Å². The monoisotopic (exact) mass is 420 g/mol. The lowest BCUT2D eigenvalue weighted by molar-refractivity contribution is -0.115. The van der Waals surface area contributed by atoms with Crippen LogP contribution in [0.1, 0.15) is 15.9 Å². The Bertz CT molecular complexity index is 1300. The summed E-state index contributed by atoms with van der Waals surface area (Å²) in [6.07, 6.45) is 0. The van der Waals surface area contributed by atoms with Gasteiger partial charge in [-0.1, -0.05) is 18.2 Å². The molecule has 0 fully saturated rings. The van der Waals surface area contributed by atoms with E-state index in [2.05, 4.69) is 20.6 Å². The average Bonchev–Trinajstić information content (AvgIpc) is 3.17. The maximum absolute atomic E-state index is 14.0. The van der Waals surface area contributed by atoms with E-state index in [-0.39, 0.29) is 23.8 Å². The number of benzene rings is 3. The van der Waals surface area contributed by atoms with E-state index in [1.807, 2.05) is 19.1 Å². The van der Waals surface area contributed by atoms with Gasteiger partial charge in [-0.05, 0) is 55.0 Å². The molecule has 0 aliphatic carbocycles. The van der Waals surface area contributed by atoms with Gasteiger partial charge in [0.15, 0.2) is 0 Å². The van der Waals surface area contributed by atoms with Gasteiger partial charge in [-0.2, -0.15) is 0 Å². The first-order valence-electron chi connectivity index (χ1n) is 9.49. The summed E-state index contributed by atoms with van der Waals surface area (Å²) in [6.45, 7) is 1.62. The molecule has 0 bridgehead atoms. The third-order valence-electron chi connectivity index (χ3n) is 4.75. The lowest BCUT2D eigenvalue weighted by atomic mass is 10.1. The summed E-state index contributed by atoms with van der Waals surface area (Å²) < 4.78 is 27.5. The normalized spacial score (nSPS) is 10.8. The number of aryl methyl sites for hydroxylation is 1. The first-order chi connectivity index (χ1) is 14.9. The second kappa shape index (κ2) is 8.35. The van der Waals surface area contributed by atoms with Crippen molar-refractivity contribution >= 4 is 28.5 Å². The quantitative estimate of drug-likeness (QED) is 0.453. The summed E-state index contributed by atoms with van der Waals surface area (Å²) in [6, 6.07) is 15.1.